The molecular weight excluding hydrogens is 261 g/mol. The molecule has 3 aromatic rings. The number of rotatable bonds is 2. The second kappa shape index (κ2) is 4.51. The molecule has 0 aliphatic carbocycles. The van der Waals surface area contributed by atoms with Crippen molar-refractivity contribution in [3.63, 3.8) is 0 Å². The van der Waals surface area contributed by atoms with E-state index in [4.69, 9.17) is 5.73 Å². The van der Waals surface area contributed by atoms with Gasteiger partial charge in [0.25, 0.3) is 0 Å². The number of H-pyrrole nitrogens is 1. The Morgan fingerprint density at radius 1 is 1.21 bits per heavy atom. The number of anilines is 1. The molecule has 1 aromatic carbocycles. The van der Waals surface area contributed by atoms with Crippen LogP contribution in [0.15, 0.2) is 35.0 Å². The summed E-state index contributed by atoms with van der Waals surface area (Å²) in [6, 6.07) is 6.27. The highest BCUT2D eigenvalue weighted by Gasteiger charge is 2.16. The highest BCUT2D eigenvalue weighted by Crippen LogP contribution is 2.37. The van der Waals surface area contributed by atoms with Crippen molar-refractivity contribution in [2.45, 2.75) is 6.92 Å². The van der Waals surface area contributed by atoms with Gasteiger partial charge in [0, 0.05) is 10.9 Å². The number of hydrogen-bond acceptors (Lipinski definition) is 3. The molecule has 2 aromatic heterocycles. The third-order valence-electron chi connectivity index (χ3n) is 3.05. The molecule has 0 spiro atoms. The maximum absolute atomic E-state index is 13.0. The molecule has 0 radical (unpaired) electrons. The van der Waals surface area contributed by atoms with Crippen molar-refractivity contribution < 1.29 is 4.39 Å². The number of benzene rings is 1. The third kappa shape index (κ3) is 2.02. The minimum absolute atomic E-state index is 0.265. The van der Waals surface area contributed by atoms with Gasteiger partial charge < -0.3 is 5.73 Å². The first-order valence-electron chi connectivity index (χ1n) is 5.79. The number of nitrogen functional groups attached to an aromatic ring is 1. The third-order valence-corrected chi connectivity index (χ3v) is 3.91. The van der Waals surface area contributed by atoms with Gasteiger partial charge in [-0.2, -0.15) is 16.4 Å². The average Bonchev–Trinajstić information content (AvgIpc) is 2.97. The quantitative estimate of drug-likeness (QED) is 0.745. The van der Waals surface area contributed by atoms with Gasteiger partial charge in [0.05, 0.1) is 11.3 Å². The lowest BCUT2D eigenvalue weighted by molar-refractivity contribution is 0.628. The standard InChI is InChI=1S/C14H12FN3S/c1-8-6-19-7-11(8)13-12(14(16)18-17-13)9-2-4-10(15)5-3-9/h2-7H,1H3,(H3,16,17,18). The highest BCUT2D eigenvalue weighted by molar-refractivity contribution is 7.08. The normalized spacial score (nSPS) is 10.8. The summed E-state index contributed by atoms with van der Waals surface area (Å²) in [5, 5.41) is 11.2. The first-order valence-corrected chi connectivity index (χ1v) is 6.74. The molecule has 2 heterocycles. The van der Waals surface area contributed by atoms with Crippen LogP contribution in [-0.4, -0.2) is 10.2 Å². The van der Waals surface area contributed by atoms with Gasteiger partial charge in [-0.05, 0) is 35.6 Å². The zero-order chi connectivity index (χ0) is 13.4. The topological polar surface area (TPSA) is 54.7 Å². The molecule has 5 heteroatoms. The predicted molar refractivity (Wildman–Crippen MR) is 76.4 cm³/mol. The van der Waals surface area contributed by atoms with Crippen molar-refractivity contribution in [2.24, 2.45) is 0 Å². The van der Waals surface area contributed by atoms with Gasteiger partial charge in [-0.15, -0.1) is 0 Å². The molecular formula is C14H12FN3S. The molecule has 0 unspecified atom stereocenters. The number of hydrogen-bond donors (Lipinski definition) is 2. The van der Waals surface area contributed by atoms with E-state index in [1.165, 1.54) is 12.1 Å². The number of thiophene rings is 1. The number of nitrogens with two attached hydrogens (primary N) is 1. The van der Waals surface area contributed by atoms with Crippen molar-refractivity contribution in [1.29, 1.82) is 0 Å². The molecule has 0 saturated carbocycles. The Kier molecular flexibility index (Phi) is 2.83. The van der Waals surface area contributed by atoms with Crippen LogP contribution in [0.1, 0.15) is 5.56 Å². The van der Waals surface area contributed by atoms with Crippen molar-refractivity contribution in [2.75, 3.05) is 5.73 Å². The Morgan fingerprint density at radius 3 is 2.58 bits per heavy atom. The summed E-state index contributed by atoms with van der Waals surface area (Å²) in [4.78, 5) is 0. The van der Waals surface area contributed by atoms with Gasteiger partial charge in [0.15, 0.2) is 5.82 Å². The predicted octanol–water partition coefficient (Wildman–Crippen LogP) is 3.83. The molecule has 0 fully saturated rings. The minimum Gasteiger partial charge on any atom is -0.382 e. The fourth-order valence-electron chi connectivity index (χ4n) is 2.08. The largest absolute Gasteiger partial charge is 0.382 e. The van der Waals surface area contributed by atoms with Gasteiger partial charge in [-0.25, -0.2) is 4.39 Å². The zero-order valence-electron chi connectivity index (χ0n) is 10.3. The fourth-order valence-corrected chi connectivity index (χ4v) is 2.92. The zero-order valence-corrected chi connectivity index (χ0v) is 11.1. The van der Waals surface area contributed by atoms with Gasteiger partial charge in [-0.3, -0.25) is 5.10 Å². The van der Waals surface area contributed by atoms with Crippen LogP contribution in [0.4, 0.5) is 10.2 Å². The molecule has 0 atom stereocenters. The molecule has 0 saturated heterocycles. The van der Waals surface area contributed by atoms with Crippen LogP contribution in [0.2, 0.25) is 0 Å². The van der Waals surface area contributed by atoms with E-state index >= 15 is 0 Å². The number of halogens is 1. The summed E-state index contributed by atoms with van der Waals surface area (Å²) in [6.45, 7) is 2.04. The van der Waals surface area contributed by atoms with E-state index in [1.807, 2.05) is 6.92 Å². The van der Waals surface area contributed by atoms with Crippen LogP contribution in [0.5, 0.6) is 0 Å². The van der Waals surface area contributed by atoms with Gasteiger partial charge in [0.1, 0.15) is 5.82 Å². The summed E-state index contributed by atoms with van der Waals surface area (Å²) in [6.07, 6.45) is 0. The SMILES string of the molecule is Cc1cscc1-c1[nH]nc(N)c1-c1ccc(F)cc1. The number of aromatic amines is 1. The van der Waals surface area contributed by atoms with Crippen LogP contribution < -0.4 is 5.73 Å². The summed E-state index contributed by atoms with van der Waals surface area (Å²) < 4.78 is 13.0. The van der Waals surface area contributed by atoms with E-state index in [2.05, 4.69) is 21.0 Å². The van der Waals surface area contributed by atoms with Gasteiger partial charge in [0.2, 0.25) is 0 Å². The average molecular weight is 273 g/mol. The molecule has 3 N–H and O–H groups in total. The molecule has 3 nitrogen and oxygen atoms in total. The van der Waals surface area contributed by atoms with E-state index in [0.29, 0.717) is 5.82 Å². The first-order chi connectivity index (χ1) is 9.16. The Hall–Kier alpha value is -2.14. The molecule has 3 rings (SSSR count). The van der Waals surface area contributed by atoms with Crippen molar-refractivity contribution in [3.05, 3.63) is 46.4 Å². The van der Waals surface area contributed by atoms with E-state index in [9.17, 15) is 4.39 Å². The summed E-state index contributed by atoms with van der Waals surface area (Å²) in [5.41, 5.74) is 10.7. The lowest BCUT2D eigenvalue weighted by Gasteiger charge is -2.04. The number of nitrogens with zero attached hydrogens (tertiary/aromatic N) is 1. The Labute approximate surface area is 113 Å². The van der Waals surface area contributed by atoms with Crippen molar-refractivity contribution in [1.82, 2.24) is 10.2 Å². The molecule has 19 heavy (non-hydrogen) atoms. The summed E-state index contributed by atoms with van der Waals surface area (Å²) in [7, 11) is 0. The highest BCUT2D eigenvalue weighted by atomic mass is 32.1. The van der Waals surface area contributed by atoms with Crippen LogP contribution in [0.25, 0.3) is 22.4 Å². The maximum Gasteiger partial charge on any atom is 0.153 e. The Balaban J connectivity index is 2.19. The molecule has 0 amide bonds. The smallest absolute Gasteiger partial charge is 0.153 e. The lowest BCUT2D eigenvalue weighted by atomic mass is 10.0. The van der Waals surface area contributed by atoms with E-state index in [1.54, 1.807) is 23.5 Å². The molecule has 0 aliphatic heterocycles. The minimum atomic E-state index is -0.265. The first kappa shape index (κ1) is 11.9. The second-order valence-corrected chi connectivity index (χ2v) is 5.08. The van der Waals surface area contributed by atoms with E-state index in [-0.39, 0.29) is 5.82 Å². The molecule has 0 bridgehead atoms. The van der Waals surface area contributed by atoms with Crippen molar-refractivity contribution >= 4 is 17.2 Å². The summed E-state index contributed by atoms with van der Waals surface area (Å²) >= 11 is 1.63. The van der Waals surface area contributed by atoms with Crippen LogP contribution in [0.3, 0.4) is 0 Å². The fraction of sp³-hybridized carbons (Fsp3) is 0.0714. The number of nitrogens with one attached hydrogen (secondary N) is 1. The number of aromatic nitrogens is 2. The number of aryl methyl sites for hydroxylation is 1. The van der Waals surface area contributed by atoms with Crippen LogP contribution in [0, 0.1) is 12.7 Å². The maximum atomic E-state index is 13.0. The Bertz CT molecular complexity index is 713. The monoisotopic (exact) mass is 273 g/mol. The van der Waals surface area contributed by atoms with E-state index in [0.717, 1.165) is 27.9 Å². The second-order valence-electron chi connectivity index (χ2n) is 4.33. The molecule has 96 valence electrons. The summed E-state index contributed by atoms with van der Waals surface area (Å²) in [5.74, 6) is 0.159. The van der Waals surface area contributed by atoms with Crippen LogP contribution >= 0.6 is 11.3 Å². The van der Waals surface area contributed by atoms with Crippen LogP contribution in [-0.2, 0) is 0 Å². The lowest BCUT2D eigenvalue weighted by Crippen LogP contribution is -1.89. The van der Waals surface area contributed by atoms with Gasteiger partial charge in [-0.1, -0.05) is 12.1 Å². The molecule has 0 aliphatic rings. The Morgan fingerprint density at radius 2 is 1.95 bits per heavy atom. The van der Waals surface area contributed by atoms with Crippen molar-refractivity contribution in [3.8, 4) is 22.4 Å². The van der Waals surface area contributed by atoms with E-state index < -0.39 is 0 Å². The van der Waals surface area contributed by atoms with Gasteiger partial charge >= 0.3 is 0 Å².